The number of hydrogen-bond acceptors (Lipinski definition) is 3. The Balaban J connectivity index is 2.91. The molecule has 15 heavy (non-hydrogen) atoms. The third kappa shape index (κ3) is 3.43. The average molecular weight is 224 g/mol. The van der Waals surface area contributed by atoms with Gasteiger partial charge >= 0.3 is 0 Å². The van der Waals surface area contributed by atoms with E-state index in [1.54, 1.807) is 11.3 Å². The van der Waals surface area contributed by atoms with Crippen LogP contribution in [-0.4, -0.2) is 11.0 Å². The normalized spacial score (nSPS) is 15.5. The molecule has 0 aromatic carbocycles. The third-order valence-electron chi connectivity index (χ3n) is 2.26. The van der Waals surface area contributed by atoms with Gasteiger partial charge in [0.15, 0.2) is 0 Å². The topological polar surface area (TPSA) is 38.9 Å². The Morgan fingerprint density at radius 2 is 2.13 bits per heavy atom. The minimum Gasteiger partial charge on any atom is -0.324 e. The molecule has 0 bridgehead atoms. The number of rotatable bonds is 2. The van der Waals surface area contributed by atoms with Gasteiger partial charge in [0.1, 0.15) is 0 Å². The van der Waals surface area contributed by atoms with E-state index in [9.17, 15) is 0 Å². The lowest BCUT2D eigenvalue weighted by Gasteiger charge is -2.13. The van der Waals surface area contributed by atoms with Gasteiger partial charge in [-0.2, -0.15) is 0 Å². The quantitative estimate of drug-likeness (QED) is 0.838. The molecule has 0 aliphatic carbocycles. The van der Waals surface area contributed by atoms with Crippen LogP contribution in [0.3, 0.4) is 0 Å². The van der Waals surface area contributed by atoms with Gasteiger partial charge in [-0.1, -0.05) is 26.3 Å². The lowest BCUT2D eigenvalue weighted by atomic mass is 9.98. The molecule has 1 aromatic rings. The first-order chi connectivity index (χ1) is 6.80. The smallest absolute Gasteiger partial charge is 0.0985 e. The maximum absolute atomic E-state index is 5.78. The third-order valence-corrected chi connectivity index (χ3v) is 3.54. The van der Waals surface area contributed by atoms with Crippen molar-refractivity contribution in [3.05, 3.63) is 21.7 Å². The maximum atomic E-state index is 5.78. The Kier molecular flexibility index (Phi) is 3.68. The van der Waals surface area contributed by atoms with Crippen molar-refractivity contribution in [2.45, 2.75) is 46.1 Å². The van der Waals surface area contributed by atoms with Crippen molar-refractivity contribution in [2.75, 3.05) is 0 Å². The van der Waals surface area contributed by atoms with Crippen molar-refractivity contribution in [3.63, 3.8) is 0 Å². The van der Waals surface area contributed by atoms with E-state index in [1.165, 1.54) is 10.6 Å². The van der Waals surface area contributed by atoms with Crippen molar-refractivity contribution < 1.29 is 0 Å². The van der Waals surface area contributed by atoms with E-state index in [2.05, 4.69) is 37.2 Å². The Hall–Kier alpha value is -0.670. The Labute approximate surface area is 96.2 Å². The van der Waals surface area contributed by atoms with Crippen molar-refractivity contribution in [3.8, 4) is 0 Å². The standard InChI is InChI=1S/C12H20N2S/c1-8(9(2)13)6-10-7-15-11(14-10)12(3,4)5/h6-7,9H,13H2,1-5H3. The molecule has 1 atom stereocenters. The first-order valence-corrected chi connectivity index (χ1v) is 6.08. The highest BCUT2D eigenvalue weighted by Crippen LogP contribution is 2.26. The molecule has 3 heteroatoms. The van der Waals surface area contributed by atoms with E-state index in [4.69, 9.17) is 5.73 Å². The fraction of sp³-hybridized carbons (Fsp3) is 0.583. The highest BCUT2D eigenvalue weighted by molar-refractivity contribution is 7.09. The van der Waals surface area contributed by atoms with Crippen molar-refractivity contribution in [1.82, 2.24) is 4.98 Å². The van der Waals surface area contributed by atoms with E-state index in [0.717, 1.165) is 5.69 Å². The second kappa shape index (κ2) is 4.45. The van der Waals surface area contributed by atoms with Gasteiger partial charge in [0.25, 0.3) is 0 Å². The predicted octanol–water partition coefficient (Wildman–Crippen LogP) is 3.19. The average Bonchev–Trinajstić information content (AvgIpc) is 2.51. The molecule has 1 heterocycles. The van der Waals surface area contributed by atoms with Crippen molar-refractivity contribution >= 4 is 17.4 Å². The molecule has 0 saturated heterocycles. The van der Waals surface area contributed by atoms with Gasteiger partial charge in [0.2, 0.25) is 0 Å². The van der Waals surface area contributed by atoms with Crippen LogP contribution in [0.2, 0.25) is 0 Å². The number of hydrogen-bond donors (Lipinski definition) is 1. The molecule has 0 saturated carbocycles. The highest BCUT2D eigenvalue weighted by atomic mass is 32.1. The molecule has 1 aromatic heterocycles. The Bertz CT molecular complexity index is 356. The summed E-state index contributed by atoms with van der Waals surface area (Å²) < 4.78 is 0. The van der Waals surface area contributed by atoms with Crippen LogP contribution in [0, 0.1) is 0 Å². The van der Waals surface area contributed by atoms with Crippen LogP contribution in [0.5, 0.6) is 0 Å². The van der Waals surface area contributed by atoms with Crippen LogP contribution >= 0.6 is 11.3 Å². The van der Waals surface area contributed by atoms with Gasteiger partial charge in [-0.15, -0.1) is 11.3 Å². The second-order valence-corrected chi connectivity index (χ2v) is 5.86. The Morgan fingerprint density at radius 3 is 2.53 bits per heavy atom. The molecule has 0 radical (unpaired) electrons. The predicted molar refractivity (Wildman–Crippen MR) is 68.1 cm³/mol. The van der Waals surface area contributed by atoms with Crippen LogP contribution in [0.15, 0.2) is 11.0 Å². The van der Waals surface area contributed by atoms with Crippen LogP contribution in [-0.2, 0) is 5.41 Å². The van der Waals surface area contributed by atoms with Crippen molar-refractivity contribution in [2.24, 2.45) is 5.73 Å². The Morgan fingerprint density at radius 1 is 1.53 bits per heavy atom. The fourth-order valence-corrected chi connectivity index (χ4v) is 1.93. The minimum atomic E-state index is 0.102. The number of nitrogens with two attached hydrogens (primary N) is 1. The second-order valence-electron chi connectivity index (χ2n) is 5.00. The van der Waals surface area contributed by atoms with Crippen molar-refractivity contribution in [1.29, 1.82) is 0 Å². The molecule has 0 amide bonds. The molecular formula is C12H20N2S. The van der Waals surface area contributed by atoms with Crippen LogP contribution in [0.25, 0.3) is 6.08 Å². The zero-order valence-corrected chi connectivity index (χ0v) is 11.0. The van der Waals surface area contributed by atoms with E-state index in [1.807, 2.05) is 13.8 Å². The lowest BCUT2D eigenvalue weighted by molar-refractivity contribution is 0.585. The summed E-state index contributed by atoms with van der Waals surface area (Å²) in [7, 11) is 0. The fourth-order valence-electron chi connectivity index (χ4n) is 1.06. The SMILES string of the molecule is CC(=Cc1csc(C(C)(C)C)n1)C(C)N. The summed E-state index contributed by atoms with van der Waals surface area (Å²) in [4.78, 5) is 4.59. The molecular weight excluding hydrogens is 204 g/mol. The molecule has 84 valence electrons. The number of nitrogens with zero attached hydrogens (tertiary/aromatic N) is 1. The first kappa shape index (κ1) is 12.4. The van der Waals surface area contributed by atoms with Gasteiger partial charge in [-0.25, -0.2) is 4.98 Å². The number of aromatic nitrogens is 1. The van der Waals surface area contributed by atoms with Crippen LogP contribution < -0.4 is 5.73 Å². The summed E-state index contributed by atoms with van der Waals surface area (Å²) in [6.07, 6.45) is 2.07. The largest absolute Gasteiger partial charge is 0.324 e. The number of thiazole rings is 1. The minimum absolute atomic E-state index is 0.102. The van der Waals surface area contributed by atoms with Gasteiger partial charge in [0.05, 0.1) is 10.7 Å². The van der Waals surface area contributed by atoms with Gasteiger partial charge < -0.3 is 5.73 Å². The summed E-state index contributed by atoms with van der Waals surface area (Å²) in [6.45, 7) is 10.6. The summed E-state index contributed by atoms with van der Waals surface area (Å²) >= 11 is 1.71. The molecule has 0 aliphatic heterocycles. The van der Waals surface area contributed by atoms with Crippen LogP contribution in [0.4, 0.5) is 0 Å². The maximum Gasteiger partial charge on any atom is 0.0985 e. The van der Waals surface area contributed by atoms with Gasteiger partial charge in [-0.05, 0) is 19.9 Å². The molecule has 1 rings (SSSR count). The van der Waals surface area contributed by atoms with Crippen LogP contribution in [0.1, 0.15) is 45.3 Å². The molecule has 0 fully saturated rings. The van der Waals surface area contributed by atoms with E-state index in [0.29, 0.717) is 0 Å². The van der Waals surface area contributed by atoms with E-state index in [-0.39, 0.29) is 11.5 Å². The van der Waals surface area contributed by atoms with Gasteiger partial charge in [-0.3, -0.25) is 0 Å². The highest BCUT2D eigenvalue weighted by Gasteiger charge is 2.17. The lowest BCUT2D eigenvalue weighted by Crippen LogP contribution is -2.15. The molecule has 1 unspecified atom stereocenters. The first-order valence-electron chi connectivity index (χ1n) is 5.20. The molecule has 2 N–H and O–H groups in total. The summed E-state index contributed by atoms with van der Waals surface area (Å²) in [5.74, 6) is 0. The zero-order valence-electron chi connectivity index (χ0n) is 10.2. The van der Waals surface area contributed by atoms with E-state index >= 15 is 0 Å². The summed E-state index contributed by atoms with van der Waals surface area (Å²) in [6, 6.07) is 0.102. The van der Waals surface area contributed by atoms with E-state index < -0.39 is 0 Å². The zero-order chi connectivity index (χ0) is 11.6. The van der Waals surface area contributed by atoms with Gasteiger partial charge in [0, 0.05) is 16.8 Å². The summed E-state index contributed by atoms with van der Waals surface area (Å²) in [5, 5.41) is 3.26. The summed E-state index contributed by atoms with van der Waals surface area (Å²) in [5.41, 5.74) is 8.12. The monoisotopic (exact) mass is 224 g/mol. The molecule has 0 spiro atoms. The molecule has 0 aliphatic rings. The molecule has 2 nitrogen and oxygen atoms in total.